The van der Waals surface area contributed by atoms with E-state index in [9.17, 15) is 26.4 Å². The molecule has 132 valence electrons. The van der Waals surface area contributed by atoms with E-state index in [-0.39, 0.29) is 18.9 Å². The fourth-order valence-electron chi connectivity index (χ4n) is 1.95. The standard InChI is InChI=1S/C14H10NO8S2.Li/c16-13(17)9-5-1-3-7-11(9)24(20,21)15-25(22,23)12-8-4-2-6-10(12)14(18)19;/h1-8H,(H,16,17)(H,18,19);/q-1;+1. The van der Waals surface area contributed by atoms with E-state index in [0.29, 0.717) is 0 Å². The first-order valence-electron chi connectivity index (χ1n) is 6.45. The zero-order valence-corrected chi connectivity index (χ0v) is 14.9. The second kappa shape index (κ2) is 8.03. The molecule has 0 heterocycles. The Morgan fingerprint density at radius 3 is 1.31 bits per heavy atom. The van der Waals surface area contributed by atoms with Crippen LogP contribution < -0.4 is 18.9 Å². The summed E-state index contributed by atoms with van der Waals surface area (Å²) < 4.78 is 51.9. The van der Waals surface area contributed by atoms with Crippen LogP contribution in [0, 0.1) is 0 Å². The molecule has 0 fully saturated rings. The molecule has 0 aliphatic heterocycles. The van der Waals surface area contributed by atoms with Crippen LogP contribution in [-0.4, -0.2) is 39.0 Å². The molecule has 2 aromatic rings. The topological polar surface area (TPSA) is 157 Å². The van der Waals surface area contributed by atoms with Crippen molar-refractivity contribution in [2.45, 2.75) is 9.79 Å². The maximum atomic E-state index is 12.3. The molecule has 0 bridgehead atoms. The van der Waals surface area contributed by atoms with Gasteiger partial charge in [0.05, 0.1) is 20.9 Å². The molecule has 2 N–H and O–H groups in total. The van der Waals surface area contributed by atoms with Gasteiger partial charge in [0, 0.05) is 0 Å². The third-order valence-corrected chi connectivity index (χ3v) is 6.38. The van der Waals surface area contributed by atoms with Crippen molar-refractivity contribution in [2.24, 2.45) is 0 Å². The molecular weight excluding hydrogens is 381 g/mol. The maximum absolute atomic E-state index is 12.3. The van der Waals surface area contributed by atoms with Crippen molar-refractivity contribution in [1.82, 2.24) is 0 Å². The average molecular weight is 391 g/mol. The van der Waals surface area contributed by atoms with E-state index in [4.69, 9.17) is 10.2 Å². The summed E-state index contributed by atoms with van der Waals surface area (Å²) >= 11 is 0. The summed E-state index contributed by atoms with van der Waals surface area (Å²) in [4.78, 5) is 20.6. The van der Waals surface area contributed by atoms with Gasteiger partial charge in [0.1, 0.15) is 20.0 Å². The third-order valence-electron chi connectivity index (χ3n) is 2.99. The largest absolute Gasteiger partial charge is 1.00 e. The maximum Gasteiger partial charge on any atom is 1.00 e. The number of sulfonamides is 2. The van der Waals surface area contributed by atoms with Crippen LogP contribution in [0.3, 0.4) is 0 Å². The molecule has 12 heteroatoms. The van der Waals surface area contributed by atoms with E-state index in [0.717, 1.165) is 24.3 Å². The Morgan fingerprint density at radius 1 is 0.692 bits per heavy atom. The Bertz CT molecular complexity index is 978. The van der Waals surface area contributed by atoms with Gasteiger partial charge < -0.3 is 14.3 Å². The van der Waals surface area contributed by atoms with Crippen molar-refractivity contribution in [1.29, 1.82) is 0 Å². The van der Waals surface area contributed by atoms with Crippen molar-refractivity contribution in [2.75, 3.05) is 0 Å². The first kappa shape index (κ1) is 21.9. The van der Waals surface area contributed by atoms with Gasteiger partial charge in [-0.05, 0) is 24.3 Å². The van der Waals surface area contributed by atoms with Crippen molar-refractivity contribution in [3.05, 3.63) is 63.8 Å². The fraction of sp³-hybridized carbons (Fsp3) is 0. The van der Waals surface area contributed by atoms with Gasteiger partial charge in [-0.2, -0.15) is 0 Å². The van der Waals surface area contributed by atoms with Crippen LogP contribution >= 0.6 is 0 Å². The summed E-state index contributed by atoms with van der Waals surface area (Å²) in [5.74, 6) is -3.17. The van der Waals surface area contributed by atoms with Gasteiger partial charge in [0.15, 0.2) is 0 Å². The van der Waals surface area contributed by atoms with Gasteiger partial charge in [-0.25, -0.2) is 26.4 Å². The molecule has 0 unspecified atom stereocenters. The van der Waals surface area contributed by atoms with Crippen molar-refractivity contribution in [3.63, 3.8) is 0 Å². The number of carboxylic acid groups (broad SMARTS) is 2. The molecule has 0 aliphatic rings. The van der Waals surface area contributed by atoms with Crippen LogP contribution in [0.25, 0.3) is 4.13 Å². The van der Waals surface area contributed by atoms with Crippen LogP contribution in [0.1, 0.15) is 20.7 Å². The Labute approximate surface area is 160 Å². The van der Waals surface area contributed by atoms with Gasteiger partial charge in [-0.1, -0.05) is 24.3 Å². The molecule has 0 aliphatic carbocycles. The SMILES string of the molecule is O=C(O)c1ccccc1S(=O)(=O)[N-]S(=O)(=O)c1ccccc1C(=O)O.[Li+]. The molecule has 0 saturated carbocycles. The summed E-state index contributed by atoms with van der Waals surface area (Å²) in [6.07, 6.45) is 0. The fourth-order valence-corrected chi connectivity index (χ4v) is 4.99. The molecule has 0 saturated heterocycles. The Hall–Kier alpha value is -2.16. The zero-order valence-electron chi connectivity index (χ0n) is 13.2. The monoisotopic (exact) mass is 391 g/mol. The predicted molar refractivity (Wildman–Crippen MR) is 84.5 cm³/mol. The number of rotatable bonds is 6. The summed E-state index contributed by atoms with van der Waals surface area (Å²) in [5.41, 5.74) is -1.32. The molecule has 0 aromatic heterocycles. The Morgan fingerprint density at radius 2 is 1.00 bits per heavy atom. The number of benzene rings is 2. The first-order valence-corrected chi connectivity index (χ1v) is 9.33. The Balaban J connectivity index is 0.00000338. The molecule has 2 aromatic carbocycles. The average Bonchev–Trinajstić information content (AvgIpc) is 2.54. The second-order valence-corrected chi connectivity index (χ2v) is 8.00. The van der Waals surface area contributed by atoms with E-state index in [1.165, 1.54) is 24.3 Å². The summed E-state index contributed by atoms with van der Waals surface area (Å²) in [6, 6.07) is 8.65. The second-order valence-electron chi connectivity index (χ2n) is 4.63. The summed E-state index contributed by atoms with van der Waals surface area (Å²) in [7, 11) is -9.84. The smallest absolute Gasteiger partial charge is 0.478 e. The molecular formula is C14H10LiNO8S2. The molecule has 0 atom stereocenters. The number of carboxylic acids is 2. The minimum absolute atomic E-state index is 0. The minimum atomic E-state index is -4.92. The van der Waals surface area contributed by atoms with Gasteiger partial charge in [-0.3, -0.25) is 0 Å². The van der Waals surface area contributed by atoms with E-state index in [2.05, 4.69) is 4.13 Å². The van der Waals surface area contributed by atoms with Gasteiger partial charge in [-0.15, -0.1) is 0 Å². The number of hydrogen-bond acceptors (Lipinski definition) is 6. The molecule has 26 heavy (non-hydrogen) atoms. The van der Waals surface area contributed by atoms with E-state index >= 15 is 0 Å². The van der Waals surface area contributed by atoms with Crippen LogP contribution in [-0.2, 0) is 20.0 Å². The van der Waals surface area contributed by atoms with Crippen molar-refractivity contribution >= 4 is 32.0 Å². The summed E-state index contributed by atoms with van der Waals surface area (Å²) in [6.45, 7) is 0. The number of aromatic carboxylic acids is 2. The Kier molecular flexibility index (Phi) is 6.75. The van der Waals surface area contributed by atoms with E-state index < -0.39 is 52.9 Å². The van der Waals surface area contributed by atoms with Crippen LogP contribution in [0.2, 0.25) is 0 Å². The third kappa shape index (κ3) is 4.51. The first-order chi connectivity index (χ1) is 11.6. The predicted octanol–water partition coefficient (Wildman–Crippen LogP) is -1.46. The number of hydrogen-bond donors (Lipinski definition) is 2. The molecule has 0 radical (unpaired) electrons. The van der Waals surface area contributed by atoms with Crippen LogP contribution in [0.4, 0.5) is 0 Å². The quantitative estimate of drug-likeness (QED) is 0.566. The van der Waals surface area contributed by atoms with Gasteiger partial charge in [0.25, 0.3) is 0 Å². The van der Waals surface area contributed by atoms with Gasteiger partial charge >= 0.3 is 30.8 Å². The normalized spacial score (nSPS) is 11.4. The molecule has 9 nitrogen and oxygen atoms in total. The molecule has 0 amide bonds. The van der Waals surface area contributed by atoms with Crippen LogP contribution in [0.5, 0.6) is 0 Å². The molecule has 0 spiro atoms. The molecule has 2 rings (SSSR count). The van der Waals surface area contributed by atoms with E-state index in [1.807, 2.05) is 0 Å². The number of carbonyl (C=O) groups is 2. The van der Waals surface area contributed by atoms with E-state index in [1.54, 1.807) is 0 Å². The number of nitrogens with zero attached hydrogens (tertiary/aromatic N) is 1. The van der Waals surface area contributed by atoms with Crippen molar-refractivity contribution < 1.29 is 55.5 Å². The zero-order chi connectivity index (χ0) is 18.8. The summed E-state index contributed by atoms with van der Waals surface area (Å²) in [5, 5.41) is 18.1. The van der Waals surface area contributed by atoms with Crippen LogP contribution in [0.15, 0.2) is 58.3 Å². The van der Waals surface area contributed by atoms with Crippen molar-refractivity contribution in [3.8, 4) is 0 Å². The van der Waals surface area contributed by atoms with Gasteiger partial charge in [0.2, 0.25) is 0 Å². The minimum Gasteiger partial charge on any atom is -0.478 e.